The van der Waals surface area contributed by atoms with Crippen LogP contribution in [0.15, 0.2) is 60.2 Å². The second-order valence-electron chi connectivity index (χ2n) is 7.12. The van der Waals surface area contributed by atoms with Crippen molar-refractivity contribution in [2.75, 3.05) is 12.4 Å². The van der Waals surface area contributed by atoms with Gasteiger partial charge in [0.1, 0.15) is 23.1 Å². The molecule has 1 amide bonds. The molecule has 162 valence electrons. The van der Waals surface area contributed by atoms with Crippen LogP contribution >= 0.6 is 0 Å². The molecule has 0 radical (unpaired) electrons. The van der Waals surface area contributed by atoms with E-state index in [1.165, 1.54) is 13.0 Å². The number of benzene rings is 2. The molecule has 1 N–H and O–H groups in total. The first kappa shape index (κ1) is 22.4. The Balaban J connectivity index is 1.83. The number of carbonyl (C=O) groups is 2. The Morgan fingerprint density at radius 3 is 2.22 bits per heavy atom. The van der Waals surface area contributed by atoms with Crippen molar-refractivity contribution < 1.29 is 19.1 Å². The molecule has 0 spiro atoms. The molecule has 0 aliphatic rings. The summed E-state index contributed by atoms with van der Waals surface area (Å²) in [5, 5.41) is 12.2. The molecule has 32 heavy (non-hydrogen) atoms. The normalized spacial score (nSPS) is 10.9. The molecule has 0 saturated carbocycles. The molecule has 0 aliphatic heterocycles. The molecule has 0 atom stereocenters. The van der Waals surface area contributed by atoms with Gasteiger partial charge in [-0.3, -0.25) is 4.79 Å². The summed E-state index contributed by atoms with van der Waals surface area (Å²) in [6.45, 7) is 5.28. The van der Waals surface area contributed by atoms with Crippen LogP contribution in [-0.2, 0) is 9.59 Å². The Hall–Kier alpha value is -4.31. The third kappa shape index (κ3) is 5.05. The van der Waals surface area contributed by atoms with Crippen molar-refractivity contribution in [2.45, 2.75) is 20.8 Å². The minimum atomic E-state index is -0.756. The molecule has 0 aliphatic carbocycles. The predicted octanol–water partition coefficient (Wildman–Crippen LogP) is 4.57. The summed E-state index contributed by atoms with van der Waals surface area (Å²) in [6, 6.07) is 17.8. The predicted molar refractivity (Wildman–Crippen MR) is 122 cm³/mol. The third-order valence-corrected chi connectivity index (χ3v) is 4.83. The minimum Gasteiger partial charge on any atom is -0.497 e. The van der Waals surface area contributed by atoms with Crippen LogP contribution in [0.5, 0.6) is 11.5 Å². The molecule has 3 rings (SSSR count). The van der Waals surface area contributed by atoms with Gasteiger partial charge in [0.05, 0.1) is 7.11 Å². The molecule has 0 unspecified atom stereocenters. The van der Waals surface area contributed by atoms with Gasteiger partial charge in [-0.15, -0.1) is 0 Å². The first-order valence-corrected chi connectivity index (χ1v) is 9.87. The quantitative estimate of drug-likeness (QED) is 0.268. The Morgan fingerprint density at radius 2 is 1.66 bits per heavy atom. The Kier molecular flexibility index (Phi) is 6.76. The van der Waals surface area contributed by atoms with Gasteiger partial charge in [0.25, 0.3) is 0 Å². The lowest BCUT2D eigenvalue weighted by molar-refractivity contribution is -0.129. The van der Waals surface area contributed by atoms with Crippen LogP contribution in [-0.4, -0.2) is 23.6 Å². The average Bonchev–Trinajstić information content (AvgIpc) is 3.05. The lowest BCUT2D eigenvalue weighted by Crippen LogP contribution is -2.10. The number of esters is 1. The van der Waals surface area contributed by atoms with Crippen molar-refractivity contribution in [1.29, 1.82) is 5.26 Å². The first-order chi connectivity index (χ1) is 15.3. The largest absolute Gasteiger partial charge is 0.497 e. The Bertz CT molecular complexity index is 1210. The van der Waals surface area contributed by atoms with E-state index in [1.807, 2.05) is 54.8 Å². The van der Waals surface area contributed by atoms with Gasteiger partial charge >= 0.3 is 5.97 Å². The summed E-state index contributed by atoms with van der Waals surface area (Å²) in [7, 11) is 1.62. The second-order valence-corrected chi connectivity index (χ2v) is 7.12. The fourth-order valence-corrected chi connectivity index (χ4v) is 3.33. The zero-order valence-electron chi connectivity index (χ0n) is 18.3. The number of anilines is 1. The van der Waals surface area contributed by atoms with Crippen molar-refractivity contribution in [3.63, 3.8) is 0 Å². The van der Waals surface area contributed by atoms with Crippen molar-refractivity contribution in [2.24, 2.45) is 0 Å². The molecule has 7 heteroatoms. The van der Waals surface area contributed by atoms with Crippen molar-refractivity contribution in [3.05, 3.63) is 77.1 Å². The number of hydrogen-bond donors (Lipinski definition) is 1. The maximum Gasteiger partial charge on any atom is 0.354 e. The zero-order chi connectivity index (χ0) is 23.3. The van der Waals surface area contributed by atoms with E-state index < -0.39 is 5.97 Å². The van der Waals surface area contributed by atoms with Gasteiger partial charge in [-0.25, -0.2) is 4.79 Å². The van der Waals surface area contributed by atoms with Gasteiger partial charge in [0, 0.05) is 29.7 Å². The van der Waals surface area contributed by atoms with E-state index in [2.05, 4.69) is 5.32 Å². The fraction of sp³-hybridized carbons (Fsp3) is 0.160. The molecule has 3 aromatic rings. The highest BCUT2D eigenvalue weighted by molar-refractivity contribution is 5.99. The number of methoxy groups -OCH3 is 1. The highest BCUT2D eigenvalue weighted by atomic mass is 16.5. The topological polar surface area (TPSA) is 93.3 Å². The van der Waals surface area contributed by atoms with Crippen LogP contribution in [0.1, 0.15) is 23.9 Å². The minimum absolute atomic E-state index is 0.120. The number of nitriles is 1. The van der Waals surface area contributed by atoms with Crippen LogP contribution < -0.4 is 14.8 Å². The summed E-state index contributed by atoms with van der Waals surface area (Å²) in [6.07, 6.45) is 1.52. The zero-order valence-corrected chi connectivity index (χ0v) is 18.3. The second kappa shape index (κ2) is 9.67. The summed E-state index contributed by atoms with van der Waals surface area (Å²) in [5.41, 5.74) is 3.99. The lowest BCUT2D eigenvalue weighted by atomic mass is 10.1. The van der Waals surface area contributed by atoms with E-state index in [4.69, 9.17) is 9.47 Å². The number of amides is 1. The number of carbonyl (C=O) groups excluding carboxylic acids is 2. The van der Waals surface area contributed by atoms with E-state index in [0.29, 0.717) is 5.69 Å². The van der Waals surface area contributed by atoms with E-state index in [1.54, 1.807) is 31.4 Å². The standard InChI is InChI=1S/C25H23N3O4/c1-16-13-19(17(2)28(16)22-7-11-23(31-4)12-8-22)14-20(15-26)25(30)32-24-9-5-21(6-10-24)27-18(3)29/h5-14H,1-4H3,(H,27,29)/b20-14+. The molecule has 0 bridgehead atoms. The molecule has 0 saturated heterocycles. The third-order valence-electron chi connectivity index (χ3n) is 4.83. The van der Waals surface area contributed by atoms with Crippen LogP contribution in [0.2, 0.25) is 0 Å². The molecular weight excluding hydrogens is 406 g/mol. The molecular formula is C25H23N3O4. The maximum absolute atomic E-state index is 12.6. The average molecular weight is 429 g/mol. The summed E-state index contributed by atoms with van der Waals surface area (Å²) < 4.78 is 12.6. The van der Waals surface area contributed by atoms with Crippen molar-refractivity contribution in [3.8, 4) is 23.3 Å². The van der Waals surface area contributed by atoms with Gasteiger partial charge in [0.15, 0.2) is 0 Å². The van der Waals surface area contributed by atoms with E-state index >= 15 is 0 Å². The number of nitrogens with zero attached hydrogens (tertiary/aromatic N) is 2. The molecule has 1 aromatic heterocycles. The summed E-state index contributed by atoms with van der Waals surface area (Å²) in [5.74, 6) is 0.0793. The Labute approximate surface area is 186 Å². The van der Waals surface area contributed by atoms with Crippen molar-refractivity contribution >= 4 is 23.6 Å². The highest BCUT2D eigenvalue weighted by Gasteiger charge is 2.16. The molecule has 7 nitrogen and oxygen atoms in total. The number of rotatable bonds is 6. The van der Waals surface area contributed by atoms with Crippen LogP contribution in [0.25, 0.3) is 11.8 Å². The maximum atomic E-state index is 12.6. The van der Waals surface area contributed by atoms with E-state index in [9.17, 15) is 14.9 Å². The molecule has 2 aromatic carbocycles. The van der Waals surface area contributed by atoms with E-state index in [-0.39, 0.29) is 17.2 Å². The fourth-order valence-electron chi connectivity index (χ4n) is 3.33. The number of aryl methyl sites for hydroxylation is 1. The number of nitrogens with one attached hydrogen (secondary N) is 1. The van der Waals surface area contributed by atoms with Gasteiger partial charge < -0.3 is 19.4 Å². The van der Waals surface area contributed by atoms with Crippen molar-refractivity contribution in [1.82, 2.24) is 4.57 Å². The van der Waals surface area contributed by atoms with E-state index in [0.717, 1.165) is 28.4 Å². The van der Waals surface area contributed by atoms with Crippen LogP contribution in [0.4, 0.5) is 5.69 Å². The van der Waals surface area contributed by atoms with Gasteiger partial charge in [-0.05, 0) is 80.1 Å². The van der Waals surface area contributed by atoms with Crippen LogP contribution in [0, 0.1) is 25.2 Å². The monoisotopic (exact) mass is 429 g/mol. The van der Waals surface area contributed by atoms with Crippen LogP contribution in [0.3, 0.4) is 0 Å². The SMILES string of the molecule is COc1ccc(-n2c(C)cc(/C=C(\C#N)C(=O)Oc3ccc(NC(C)=O)cc3)c2C)cc1. The smallest absolute Gasteiger partial charge is 0.354 e. The molecule has 0 fully saturated rings. The molecule has 1 heterocycles. The first-order valence-electron chi connectivity index (χ1n) is 9.87. The highest BCUT2D eigenvalue weighted by Crippen LogP contribution is 2.25. The van der Waals surface area contributed by atoms with Gasteiger partial charge in [-0.1, -0.05) is 0 Å². The van der Waals surface area contributed by atoms with Gasteiger partial charge in [-0.2, -0.15) is 5.26 Å². The number of aromatic nitrogens is 1. The Morgan fingerprint density at radius 1 is 1.03 bits per heavy atom. The summed E-state index contributed by atoms with van der Waals surface area (Å²) >= 11 is 0. The lowest BCUT2D eigenvalue weighted by Gasteiger charge is -2.10. The number of ether oxygens (including phenoxy) is 2. The summed E-state index contributed by atoms with van der Waals surface area (Å²) in [4.78, 5) is 23.7. The van der Waals surface area contributed by atoms with Gasteiger partial charge in [0.2, 0.25) is 5.91 Å². The number of hydrogen-bond acceptors (Lipinski definition) is 5.